The monoisotopic (exact) mass is 462 g/mol. The average molecular weight is 463 g/mol. The Kier molecular flexibility index (Phi) is 5.40. The number of nitrogens with one attached hydrogen (secondary N) is 1. The second kappa shape index (κ2) is 8.26. The number of rotatable bonds is 4. The maximum absolute atomic E-state index is 13.7. The molecule has 0 bridgehead atoms. The summed E-state index contributed by atoms with van der Waals surface area (Å²) in [6, 6.07) is 14.8. The minimum Gasteiger partial charge on any atom is -0.323 e. The van der Waals surface area contributed by atoms with Crippen LogP contribution in [-0.4, -0.2) is 39.8 Å². The number of thiazole rings is 1. The highest BCUT2D eigenvalue weighted by Crippen LogP contribution is 2.38. The maximum Gasteiger partial charge on any atom is 0.325 e. The fraction of sp³-hybridized carbons (Fsp3) is 0.360. The van der Waals surface area contributed by atoms with E-state index in [2.05, 4.69) is 17.2 Å². The highest BCUT2D eigenvalue weighted by Gasteiger charge is 2.52. The van der Waals surface area contributed by atoms with E-state index in [1.54, 1.807) is 0 Å². The van der Waals surface area contributed by atoms with Crippen molar-refractivity contribution in [2.45, 2.75) is 45.1 Å². The number of amides is 4. The minimum absolute atomic E-state index is 0.290. The topological polar surface area (TPSA) is 82.6 Å². The Morgan fingerprint density at radius 3 is 2.58 bits per heavy atom. The van der Waals surface area contributed by atoms with Crippen molar-refractivity contribution in [1.82, 2.24) is 15.2 Å². The first-order valence-corrected chi connectivity index (χ1v) is 12.1. The quantitative estimate of drug-likeness (QED) is 0.566. The van der Waals surface area contributed by atoms with Crippen LogP contribution in [0.25, 0.3) is 10.2 Å². The summed E-state index contributed by atoms with van der Waals surface area (Å²) in [4.78, 5) is 47.0. The van der Waals surface area contributed by atoms with Crippen LogP contribution >= 0.6 is 11.3 Å². The number of aromatic nitrogens is 1. The summed E-state index contributed by atoms with van der Waals surface area (Å²) in [5.41, 5.74) is 1.52. The summed E-state index contributed by atoms with van der Waals surface area (Å²) in [5.74, 6) is -0.124. The molecule has 4 amide bonds. The van der Waals surface area contributed by atoms with E-state index in [0.717, 1.165) is 33.5 Å². The van der Waals surface area contributed by atoms with E-state index in [1.807, 2.05) is 55.5 Å². The number of carbonyl (C=O) groups is 3. The summed E-state index contributed by atoms with van der Waals surface area (Å²) in [5, 5.41) is 3.42. The summed E-state index contributed by atoms with van der Waals surface area (Å²) < 4.78 is 0.962. The van der Waals surface area contributed by atoms with Gasteiger partial charge in [0, 0.05) is 0 Å². The molecule has 1 saturated carbocycles. The third-order valence-electron chi connectivity index (χ3n) is 6.75. The van der Waals surface area contributed by atoms with Gasteiger partial charge in [-0.25, -0.2) is 9.78 Å². The lowest BCUT2D eigenvalue weighted by atomic mass is 9.77. The summed E-state index contributed by atoms with van der Waals surface area (Å²) in [7, 11) is 0. The van der Waals surface area contributed by atoms with E-state index < -0.39 is 11.6 Å². The fourth-order valence-electron chi connectivity index (χ4n) is 4.73. The number of nitrogens with zero attached hydrogens (tertiary/aromatic N) is 3. The van der Waals surface area contributed by atoms with E-state index >= 15 is 0 Å². The molecule has 7 nitrogen and oxygen atoms in total. The molecule has 3 aromatic rings. The first-order chi connectivity index (χ1) is 15.9. The maximum atomic E-state index is 13.7. The van der Waals surface area contributed by atoms with Crippen LogP contribution in [0.5, 0.6) is 0 Å². The second-order valence-corrected chi connectivity index (χ2v) is 10.1. The van der Waals surface area contributed by atoms with Crippen molar-refractivity contribution in [2.24, 2.45) is 5.92 Å². The third-order valence-corrected chi connectivity index (χ3v) is 7.77. The Bertz CT molecular complexity index is 1210. The lowest BCUT2D eigenvalue weighted by Gasteiger charge is -2.33. The molecule has 0 unspecified atom stereocenters. The molecule has 2 heterocycles. The van der Waals surface area contributed by atoms with Crippen molar-refractivity contribution >= 4 is 50.2 Å². The van der Waals surface area contributed by atoms with Crippen LogP contribution in [-0.2, 0) is 9.59 Å². The van der Waals surface area contributed by atoms with Gasteiger partial charge in [0.15, 0.2) is 5.13 Å². The molecule has 170 valence electrons. The number of para-hydroxylation sites is 2. The van der Waals surface area contributed by atoms with Gasteiger partial charge in [-0.05, 0) is 62.3 Å². The zero-order chi connectivity index (χ0) is 23.2. The predicted octanol–water partition coefficient (Wildman–Crippen LogP) is 4.77. The summed E-state index contributed by atoms with van der Waals surface area (Å²) >= 11 is 1.41. The molecule has 2 aliphatic rings. The van der Waals surface area contributed by atoms with Crippen molar-refractivity contribution in [1.29, 1.82) is 0 Å². The van der Waals surface area contributed by atoms with E-state index in [-0.39, 0.29) is 18.4 Å². The lowest BCUT2D eigenvalue weighted by Crippen LogP contribution is -2.50. The normalized spacial score (nSPS) is 22.7. The van der Waals surface area contributed by atoms with Gasteiger partial charge in [0.25, 0.3) is 11.8 Å². The first-order valence-electron chi connectivity index (χ1n) is 11.3. The molecule has 1 N–H and O–H groups in total. The van der Waals surface area contributed by atoms with Crippen molar-refractivity contribution in [3.05, 3.63) is 54.1 Å². The number of hydrogen-bond donors (Lipinski definition) is 1. The van der Waals surface area contributed by atoms with Crippen LogP contribution in [0.3, 0.4) is 0 Å². The van der Waals surface area contributed by atoms with E-state index in [1.165, 1.54) is 16.2 Å². The number of hydrogen-bond acceptors (Lipinski definition) is 5. The van der Waals surface area contributed by atoms with Gasteiger partial charge in [-0.15, -0.1) is 0 Å². The minimum atomic E-state index is -0.868. The van der Waals surface area contributed by atoms with Gasteiger partial charge in [-0.2, -0.15) is 0 Å². The summed E-state index contributed by atoms with van der Waals surface area (Å²) in [6.45, 7) is 3.76. The van der Waals surface area contributed by atoms with Crippen molar-refractivity contribution in [3.63, 3.8) is 0 Å². The Balaban J connectivity index is 1.47. The first kappa shape index (κ1) is 21.6. The molecule has 1 saturated heterocycles. The Hall–Kier alpha value is -3.26. The SMILES string of the molecule is Cc1ccccc1N(C(=O)CN1C(=O)NC2(CCC(C)CC2)C1=O)c1nc2ccccc2s1. The van der Waals surface area contributed by atoms with Crippen LogP contribution in [0.4, 0.5) is 15.6 Å². The number of anilines is 2. The zero-order valence-corrected chi connectivity index (χ0v) is 19.5. The summed E-state index contributed by atoms with van der Waals surface area (Å²) in [6.07, 6.45) is 3.00. The molecule has 2 fully saturated rings. The third kappa shape index (κ3) is 3.78. The number of imide groups is 1. The van der Waals surface area contributed by atoms with Crippen LogP contribution in [0.2, 0.25) is 0 Å². The Morgan fingerprint density at radius 1 is 1.15 bits per heavy atom. The van der Waals surface area contributed by atoms with Gasteiger partial charge >= 0.3 is 6.03 Å². The van der Waals surface area contributed by atoms with Crippen LogP contribution < -0.4 is 10.2 Å². The van der Waals surface area contributed by atoms with E-state index in [0.29, 0.717) is 29.6 Å². The highest BCUT2D eigenvalue weighted by atomic mass is 32.1. The lowest BCUT2D eigenvalue weighted by molar-refractivity contribution is -0.135. The largest absolute Gasteiger partial charge is 0.325 e. The van der Waals surface area contributed by atoms with Crippen LogP contribution in [0.1, 0.15) is 38.2 Å². The number of benzene rings is 2. The zero-order valence-electron chi connectivity index (χ0n) is 18.7. The number of carbonyl (C=O) groups excluding carboxylic acids is 3. The Labute approximate surface area is 196 Å². The number of fused-ring (bicyclic) bond motifs is 1. The van der Waals surface area contributed by atoms with Crippen molar-refractivity contribution in [2.75, 3.05) is 11.4 Å². The van der Waals surface area contributed by atoms with Crippen molar-refractivity contribution in [3.8, 4) is 0 Å². The molecular formula is C25H26N4O3S. The van der Waals surface area contributed by atoms with E-state index in [9.17, 15) is 14.4 Å². The van der Waals surface area contributed by atoms with Gasteiger partial charge in [0.2, 0.25) is 0 Å². The molecule has 5 rings (SSSR count). The van der Waals surface area contributed by atoms with Crippen LogP contribution in [0.15, 0.2) is 48.5 Å². The molecule has 0 atom stereocenters. The molecule has 2 aromatic carbocycles. The number of urea groups is 1. The number of aryl methyl sites for hydroxylation is 1. The Morgan fingerprint density at radius 2 is 1.85 bits per heavy atom. The van der Waals surface area contributed by atoms with Gasteiger partial charge in [0.05, 0.1) is 15.9 Å². The molecule has 0 radical (unpaired) electrons. The smallest absolute Gasteiger partial charge is 0.323 e. The molecule has 8 heteroatoms. The molecule has 33 heavy (non-hydrogen) atoms. The second-order valence-electron chi connectivity index (χ2n) is 9.07. The van der Waals surface area contributed by atoms with E-state index in [4.69, 9.17) is 0 Å². The average Bonchev–Trinajstić information content (AvgIpc) is 3.32. The molecule has 1 aliphatic carbocycles. The fourth-order valence-corrected chi connectivity index (χ4v) is 5.73. The molecule has 1 aromatic heterocycles. The predicted molar refractivity (Wildman–Crippen MR) is 129 cm³/mol. The van der Waals surface area contributed by atoms with Gasteiger partial charge in [0.1, 0.15) is 12.1 Å². The molecule has 1 spiro atoms. The van der Waals surface area contributed by atoms with Gasteiger partial charge in [-0.1, -0.05) is 48.6 Å². The van der Waals surface area contributed by atoms with Gasteiger partial charge < -0.3 is 5.32 Å². The molecular weight excluding hydrogens is 436 g/mol. The molecule has 1 aliphatic heterocycles. The standard InChI is InChI=1S/C25H26N4O3S/c1-16-11-13-25(14-12-16)22(31)28(23(32)27-25)15-21(30)29(19-9-5-3-7-17(19)2)24-26-18-8-4-6-10-20(18)33-24/h3-10,16H,11-15H2,1-2H3,(H,27,32). The van der Waals surface area contributed by atoms with Gasteiger partial charge in [-0.3, -0.25) is 19.4 Å². The van der Waals surface area contributed by atoms with Crippen LogP contribution in [0, 0.1) is 12.8 Å². The van der Waals surface area contributed by atoms with Crippen molar-refractivity contribution < 1.29 is 14.4 Å². The highest BCUT2D eigenvalue weighted by molar-refractivity contribution is 7.22.